The highest BCUT2D eigenvalue weighted by Gasteiger charge is 1.87. The number of nitrogens with zero attached hydrogens (tertiary/aromatic N) is 1. The first-order chi connectivity index (χ1) is 7.41. The van der Waals surface area contributed by atoms with Crippen molar-refractivity contribution in [1.82, 2.24) is 0 Å². The SMILES string of the molecule is CCCCCCCC/C=C/C=C/CC#N. The Bertz CT molecular complexity index is 208. The van der Waals surface area contributed by atoms with Gasteiger partial charge >= 0.3 is 0 Å². The van der Waals surface area contributed by atoms with Gasteiger partial charge in [0.1, 0.15) is 0 Å². The molecule has 15 heavy (non-hydrogen) atoms. The molecule has 1 nitrogen and oxygen atoms in total. The first-order valence-corrected chi connectivity index (χ1v) is 6.10. The molecule has 1 heteroatoms. The average molecular weight is 205 g/mol. The number of rotatable bonds is 9. The monoisotopic (exact) mass is 205 g/mol. The van der Waals surface area contributed by atoms with Crippen LogP contribution < -0.4 is 0 Å². The predicted octanol–water partition coefficient (Wildman–Crippen LogP) is 4.76. The van der Waals surface area contributed by atoms with Crippen LogP contribution in [0.1, 0.15) is 58.3 Å². The highest BCUT2D eigenvalue weighted by atomic mass is 14.2. The van der Waals surface area contributed by atoms with Crippen LogP contribution in [-0.2, 0) is 0 Å². The summed E-state index contributed by atoms with van der Waals surface area (Å²) in [5, 5.41) is 8.28. The second-order valence-corrected chi connectivity index (χ2v) is 3.77. The van der Waals surface area contributed by atoms with Gasteiger partial charge in [-0.3, -0.25) is 0 Å². The quantitative estimate of drug-likeness (QED) is 0.393. The van der Waals surface area contributed by atoms with Crippen molar-refractivity contribution in [3.05, 3.63) is 24.3 Å². The normalized spacial score (nSPS) is 11.2. The first kappa shape index (κ1) is 14.0. The first-order valence-electron chi connectivity index (χ1n) is 6.10. The molecular weight excluding hydrogens is 182 g/mol. The molecule has 0 bridgehead atoms. The van der Waals surface area contributed by atoms with E-state index in [1.165, 1.54) is 44.9 Å². The standard InChI is InChI=1S/C14H23N/c1-2-3-4-5-6-7-8-9-10-11-12-13-14-15/h9-12H,2-8,13H2,1H3/b10-9+,12-11+. The maximum atomic E-state index is 8.28. The molecular formula is C14H23N. The Morgan fingerprint density at radius 1 is 0.933 bits per heavy atom. The lowest BCUT2D eigenvalue weighted by Gasteiger charge is -1.97. The Hall–Kier alpha value is -1.03. The molecule has 0 rings (SSSR count). The molecule has 84 valence electrons. The zero-order valence-electron chi connectivity index (χ0n) is 9.91. The lowest BCUT2D eigenvalue weighted by atomic mass is 10.1. The second-order valence-electron chi connectivity index (χ2n) is 3.77. The molecule has 0 saturated heterocycles. The van der Waals surface area contributed by atoms with E-state index in [0.717, 1.165) is 0 Å². The van der Waals surface area contributed by atoms with E-state index < -0.39 is 0 Å². The van der Waals surface area contributed by atoms with Gasteiger partial charge < -0.3 is 0 Å². The molecule has 0 N–H and O–H groups in total. The molecule has 0 unspecified atom stereocenters. The van der Waals surface area contributed by atoms with Gasteiger partial charge in [-0.15, -0.1) is 0 Å². The van der Waals surface area contributed by atoms with E-state index in [9.17, 15) is 0 Å². The zero-order valence-corrected chi connectivity index (χ0v) is 9.91. The Labute approximate surface area is 94.5 Å². The molecule has 0 aromatic heterocycles. The van der Waals surface area contributed by atoms with Gasteiger partial charge in [-0.1, -0.05) is 63.3 Å². The molecule has 0 aromatic rings. The van der Waals surface area contributed by atoms with E-state index in [1.54, 1.807) is 0 Å². The molecule has 0 aliphatic heterocycles. The van der Waals surface area contributed by atoms with Crippen molar-refractivity contribution in [1.29, 1.82) is 5.26 Å². The number of hydrogen-bond donors (Lipinski definition) is 0. The Balaban J connectivity index is 3.13. The van der Waals surface area contributed by atoms with E-state index in [-0.39, 0.29) is 0 Å². The van der Waals surface area contributed by atoms with Gasteiger partial charge in [-0.05, 0) is 12.8 Å². The van der Waals surface area contributed by atoms with Crippen molar-refractivity contribution in [3.8, 4) is 6.07 Å². The minimum absolute atomic E-state index is 0.515. The van der Waals surface area contributed by atoms with Crippen LogP contribution in [0, 0.1) is 11.3 Å². The number of allylic oxidation sites excluding steroid dienone is 4. The summed E-state index contributed by atoms with van der Waals surface area (Å²) in [5.41, 5.74) is 0. The van der Waals surface area contributed by atoms with Crippen molar-refractivity contribution in [2.24, 2.45) is 0 Å². The lowest BCUT2D eigenvalue weighted by molar-refractivity contribution is 0.611. The molecule has 0 aliphatic rings. The summed E-state index contributed by atoms with van der Waals surface area (Å²) >= 11 is 0. The lowest BCUT2D eigenvalue weighted by Crippen LogP contribution is -1.77. The van der Waals surface area contributed by atoms with Gasteiger partial charge in [0, 0.05) is 0 Å². The van der Waals surface area contributed by atoms with Gasteiger partial charge in [0.05, 0.1) is 12.5 Å². The number of nitriles is 1. The maximum absolute atomic E-state index is 8.28. The maximum Gasteiger partial charge on any atom is 0.0663 e. The molecule has 0 heterocycles. The van der Waals surface area contributed by atoms with E-state index in [2.05, 4.69) is 19.1 Å². The van der Waals surface area contributed by atoms with Crippen LogP contribution >= 0.6 is 0 Å². The minimum Gasteiger partial charge on any atom is -0.198 e. The Morgan fingerprint density at radius 2 is 1.60 bits per heavy atom. The Kier molecular flexibility index (Phi) is 12.1. The summed E-state index contributed by atoms with van der Waals surface area (Å²) < 4.78 is 0. The molecule has 0 aliphatic carbocycles. The van der Waals surface area contributed by atoms with Gasteiger partial charge in [-0.25, -0.2) is 0 Å². The predicted molar refractivity (Wildman–Crippen MR) is 66.5 cm³/mol. The van der Waals surface area contributed by atoms with Gasteiger partial charge in [0.2, 0.25) is 0 Å². The highest BCUT2D eigenvalue weighted by molar-refractivity contribution is 5.04. The van der Waals surface area contributed by atoms with E-state index in [4.69, 9.17) is 5.26 Å². The van der Waals surface area contributed by atoms with Gasteiger partial charge in [0.25, 0.3) is 0 Å². The minimum atomic E-state index is 0.515. The molecule has 0 atom stereocenters. The summed E-state index contributed by atoms with van der Waals surface area (Å²) in [4.78, 5) is 0. The van der Waals surface area contributed by atoms with Crippen LogP contribution in [0.4, 0.5) is 0 Å². The third-order valence-electron chi connectivity index (χ3n) is 2.32. The fourth-order valence-electron chi connectivity index (χ4n) is 1.42. The molecule has 0 amide bonds. The van der Waals surface area contributed by atoms with Crippen molar-refractivity contribution in [2.45, 2.75) is 58.3 Å². The fraction of sp³-hybridized carbons (Fsp3) is 0.643. The highest BCUT2D eigenvalue weighted by Crippen LogP contribution is 2.07. The van der Waals surface area contributed by atoms with Crippen LogP contribution in [-0.4, -0.2) is 0 Å². The largest absolute Gasteiger partial charge is 0.198 e. The zero-order chi connectivity index (χ0) is 11.2. The summed E-state index contributed by atoms with van der Waals surface area (Å²) in [6.07, 6.45) is 17.9. The van der Waals surface area contributed by atoms with E-state index in [0.29, 0.717) is 6.42 Å². The van der Waals surface area contributed by atoms with Crippen LogP contribution in [0.25, 0.3) is 0 Å². The third kappa shape index (κ3) is 13.0. The molecule has 0 aromatic carbocycles. The topological polar surface area (TPSA) is 23.8 Å². The summed E-state index contributed by atoms with van der Waals surface area (Å²) in [6.45, 7) is 2.25. The smallest absolute Gasteiger partial charge is 0.0663 e. The number of unbranched alkanes of at least 4 members (excludes halogenated alkanes) is 6. The van der Waals surface area contributed by atoms with Gasteiger partial charge in [0.15, 0.2) is 0 Å². The van der Waals surface area contributed by atoms with Gasteiger partial charge in [-0.2, -0.15) is 5.26 Å². The van der Waals surface area contributed by atoms with E-state index >= 15 is 0 Å². The average Bonchev–Trinajstić information content (AvgIpc) is 2.26. The molecule has 0 saturated carbocycles. The van der Waals surface area contributed by atoms with Crippen LogP contribution in [0.2, 0.25) is 0 Å². The van der Waals surface area contributed by atoms with Crippen LogP contribution in [0.15, 0.2) is 24.3 Å². The molecule has 0 fully saturated rings. The van der Waals surface area contributed by atoms with Crippen LogP contribution in [0.3, 0.4) is 0 Å². The van der Waals surface area contributed by atoms with E-state index in [1.807, 2.05) is 18.2 Å². The van der Waals surface area contributed by atoms with Crippen molar-refractivity contribution in [3.63, 3.8) is 0 Å². The fourth-order valence-corrected chi connectivity index (χ4v) is 1.42. The third-order valence-corrected chi connectivity index (χ3v) is 2.32. The Morgan fingerprint density at radius 3 is 2.33 bits per heavy atom. The second kappa shape index (κ2) is 13.0. The van der Waals surface area contributed by atoms with Crippen molar-refractivity contribution in [2.75, 3.05) is 0 Å². The molecule has 0 radical (unpaired) electrons. The van der Waals surface area contributed by atoms with Crippen LogP contribution in [0.5, 0.6) is 0 Å². The summed E-state index contributed by atoms with van der Waals surface area (Å²) in [5.74, 6) is 0. The number of hydrogen-bond acceptors (Lipinski definition) is 1. The molecule has 0 spiro atoms. The summed E-state index contributed by atoms with van der Waals surface area (Å²) in [7, 11) is 0. The summed E-state index contributed by atoms with van der Waals surface area (Å²) in [6, 6.07) is 2.08. The van der Waals surface area contributed by atoms with Crippen molar-refractivity contribution < 1.29 is 0 Å². The van der Waals surface area contributed by atoms with Crippen molar-refractivity contribution >= 4 is 0 Å².